The van der Waals surface area contributed by atoms with Gasteiger partial charge in [-0.3, -0.25) is 9.48 Å². The summed E-state index contributed by atoms with van der Waals surface area (Å²) >= 11 is 0. The van der Waals surface area contributed by atoms with Crippen molar-refractivity contribution < 1.29 is 19.4 Å². The second-order valence-corrected chi connectivity index (χ2v) is 6.15. The zero-order chi connectivity index (χ0) is 15.8. The molecule has 0 aromatic carbocycles. The summed E-state index contributed by atoms with van der Waals surface area (Å²) in [6.45, 7) is 8.34. The summed E-state index contributed by atoms with van der Waals surface area (Å²) in [4.78, 5) is 25.0. The van der Waals surface area contributed by atoms with E-state index in [-0.39, 0.29) is 6.54 Å². The van der Waals surface area contributed by atoms with Crippen LogP contribution < -0.4 is 0 Å². The maximum Gasteiger partial charge on any atom is 0.410 e. The van der Waals surface area contributed by atoms with Crippen molar-refractivity contribution in [1.29, 1.82) is 0 Å². The Kier molecular flexibility index (Phi) is 3.93. The third-order valence-corrected chi connectivity index (χ3v) is 3.24. The molecule has 0 bridgehead atoms. The minimum atomic E-state index is -0.981. The molecule has 0 aliphatic carbocycles. The van der Waals surface area contributed by atoms with E-state index in [1.165, 1.54) is 4.90 Å². The Balaban J connectivity index is 2.26. The van der Waals surface area contributed by atoms with Gasteiger partial charge in [-0.15, -0.1) is 0 Å². The number of amides is 1. The van der Waals surface area contributed by atoms with E-state index in [1.807, 2.05) is 6.92 Å². The molecular formula is C14H21N3O4. The van der Waals surface area contributed by atoms with Crippen LogP contribution in [0.3, 0.4) is 0 Å². The SMILES string of the molecule is CCn1cc2c(n1)C(C(=O)O)CN(C(=O)OC(C)(C)C)C2. The van der Waals surface area contributed by atoms with Crippen molar-refractivity contribution >= 4 is 12.1 Å². The van der Waals surface area contributed by atoms with Crippen molar-refractivity contribution in [3.05, 3.63) is 17.5 Å². The predicted molar refractivity (Wildman–Crippen MR) is 74.9 cm³/mol. The van der Waals surface area contributed by atoms with E-state index in [2.05, 4.69) is 5.10 Å². The van der Waals surface area contributed by atoms with E-state index in [1.54, 1.807) is 31.6 Å². The molecule has 1 unspecified atom stereocenters. The molecule has 1 aliphatic rings. The van der Waals surface area contributed by atoms with E-state index in [0.29, 0.717) is 18.8 Å². The van der Waals surface area contributed by atoms with Crippen LogP contribution in [0.5, 0.6) is 0 Å². The van der Waals surface area contributed by atoms with Gasteiger partial charge < -0.3 is 14.7 Å². The lowest BCUT2D eigenvalue weighted by atomic mass is 9.97. The lowest BCUT2D eigenvalue weighted by molar-refractivity contribution is -0.139. The van der Waals surface area contributed by atoms with Gasteiger partial charge in [0.1, 0.15) is 11.5 Å². The Hall–Kier alpha value is -2.05. The molecular weight excluding hydrogens is 274 g/mol. The quantitative estimate of drug-likeness (QED) is 0.899. The van der Waals surface area contributed by atoms with Crippen molar-refractivity contribution in [2.45, 2.75) is 52.3 Å². The highest BCUT2D eigenvalue weighted by Gasteiger charge is 2.36. The summed E-state index contributed by atoms with van der Waals surface area (Å²) in [6.07, 6.45) is 1.30. The molecule has 1 amide bonds. The summed E-state index contributed by atoms with van der Waals surface area (Å²) in [5, 5.41) is 13.7. The molecule has 1 aliphatic heterocycles. The molecule has 1 aromatic rings. The average Bonchev–Trinajstić information content (AvgIpc) is 2.77. The highest BCUT2D eigenvalue weighted by atomic mass is 16.6. The Bertz CT molecular complexity index is 559. The number of fused-ring (bicyclic) bond motifs is 1. The molecule has 1 N–H and O–H groups in total. The van der Waals surface area contributed by atoms with Crippen LogP contribution >= 0.6 is 0 Å². The van der Waals surface area contributed by atoms with Crippen molar-refractivity contribution in [2.24, 2.45) is 0 Å². The van der Waals surface area contributed by atoms with Gasteiger partial charge in [0, 0.05) is 24.8 Å². The Morgan fingerprint density at radius 3 is 2.67 bits per heavy atom. The molecule has 21 heavy (non-hydrogen) atoms. The molecule has 116 valence electrons. The first-order chi connectivity index (χ1) is 9.71. The summed E-state index contributed by atoms with van der Waals surface area (Å²) < 4.78 is 7.01. The first kappa shape index (κ1) is 15.3. The fourth-order valence-corrected chi connectivity index (χ4v) is 2.29. The van der Waals surface area contributed by atoms with Gasteiger partial charge in [-0.2, -0.15) is 5.10 Å². The van der Waals surface area contributed by atoms with Gasteiger partial charge in [0.25, 0.3) is 0 Å². The first-order valence-electron chi connectivity index (χ1n) is 6.98. The third-order valence-electron chi connectivity index (χ3n) is 3.24. The van der Waals surface area contributed by atoms with E-state index in [9.17, 15) is 14.7 Å². The molecule has 1 atom stereocenters. The zero-order valence-electron chi connectivity index (χ0n) is 12.8. The van der Waals surface area contributed by atoms with Crippen molar-refractivity contribution in [3.63, 3.8) is 0 Å². The van der Waals surface area contributed by atoms with Crippen molar-refractivity contribution in [1.82, 2.24) is 14.7 Å². The average molecular weight is 295 g/mol. The normalized spacial score (nSPS) is 18.3. The highest BCUT2D eigenvalue weighted by Crippen LogP contribution is 2.28. The summed E-state index contributed by atoms with van der Waals surface area (Å²) in [5.74, 6) is -1.79. The highest BCUT2D eigenvalue weighted by molar-refractivity contribution is 5.78. The number of hydrogen-bond acceptors (Lipinski definition) is 4. The minimum Gasteiger partial charge on any atom is -0.481 e. The number of hydrogen-bond donors (Lipinski definition) is 1. The predicted octanol–water partition coefficient (Wildman–Crippen LogP) is 1.82. The van der Waals surface area contributed by atoms with Crippen LogP contribution in [0.25, 0.3) is 0 Å². The third kappa shape index (κ3) is 3.34. The number of carboxylic acid groups (broad SMARTS) is 1. The van der Waals surface area contributed by atoms with E-state index in [0.717, 1.165) is 5.56 Å². The number of carbonyl (C=O) groups excluding carboxylic acids is 1. The number of carboxylic acids is 1. The Morgan fingerprint density at radius 1 is 1.48 bits per heavy atom. The number of rotatable bonds is 2. The first-order valence-corrected chi connectivity index (χ1v) is 6.98. The van der Waals surface area contributed by atoms with Gasteiger partial charge in [-0.25, -0.2) is 4.79 Å². The number of ether oxygens (including phenoxy) is 1. The smallest absolute Gasteiger partial charge is 0.410 e. The van der Waals surface area contributed by atoms with Crippen LogP contribution in [0.2, 0.25) is 0 Å². The number of aromatic nitrogens is 2. The molecule has 7 heteroatoms. The molecule has 0 spiro atoms. The molecule has 0 fully saturated rings. The van der Waals surface area contributed by atoms with Crippen LogP contribution in [-0.2, 0) is 22.6 Å². The number of aryl methyl sites for hydroxylation is 1. The molecule has 2 heterocycles. The summed E-state index contributed by atoms with van der Waals surface area (Å²) in [6, 6.07) is 0. The van der Waals surface area contributed by atoms with Crippen LogP contribution in [0, 0.1) is 0 Å². The van der Waals surface area contributed by atoms with Gasteiger partial charge >= 0.3 is 12.1 Å². The van der Waals surface area contributed by atoms with Crippen LogP contribution in [0.15, 0.2) is 6.20 Å². The molecule has 2 rings (SSSR count). The lowest BCUT2D eigenvalue weighted by Gasteiger charge is -2.31. The van der Waals surface area contributed by atoms with Crippen molar-refractivity contribution in [2.75, 3.05) is 6.54 Å². The Morgan fingerprint density at radius 2 is 2.14 bits per heavy atom. The molecule has 0 saturated carbocycles. The van der Waals surface area contributed by atoms with Crippen LogP contribution in [-0.4, -0.2) is 44.0 Å². The van der Waals surface area contributed by atoms with E-state index >= 15 is 0 Å². The maximum atomic E-state index is 12.2. The van der Waals surface area contributed by atoms with E-state index in [4.69, 9.17) is 4.74 Å². The van der Waals surface area contributed by atoms with Gasteiger partial charge in [0.2, 0.25) is 0 Å². The zero-order valence-corrected chi connectivity index (χ0v) is 12.8. The fraction of sp³-hybridized carbons (Fsp3) is 0.643. The topological polar surface area (TPSA) is 84.7 Å². The van der Waals surface area contributed by atoms with Crippen molar-refractivity contribution in [3.8, 4) is 0 Å². The standard InChI is InChI=1S/C14H21N3O4/c1-5-17-7-9-6-16(13(20)21-14(2,3)4)8-10(12(18)19)11(9)15-17/h7,10H,5-6,8H2,1-4H3,(H,18,19). The minimum absolute atomic E-state index is 0.0813. The molecule has 7 nitrogen and oxygen atoms in total. The second-order valence-electron chi connectivity index (χ2n) is 6.15. The van der Waals surface area contributed by atoms with Crippen LogP contribution in [0.1, 0.15) is 44.9 Å². The number of carbonyl (C=O) groups is 2. The van der Waals surface area contributed by atoms with Gasteiger partial charge in [0.15, 0.2) is 0 Å². The monoisotopic (exact) mass is 295 g/mol. The maximum absolute atomic E-state index is 12.2. The second kappa shape index (κ2) is 5.38. The summed E-state index contributed by atoms with van der Waals surface area (Å²) in [7, 11) is 0. The summed E-state index contributed by atoms with van der Waals surface area (Å²) in [5.41, 5.74) is 0.703. The lowest BCUT2D eigenvalue weighted by Crippen LogP contribution is -2.43. The largest absolute Gasteiger partial charge is 0.481 e. The number of nitrogens with zero attached hydrogens (tertiary/aromatic N) is 3. The molecule has 0 radical (unpaired) electrons. The van der Waals surface area contributed by atoms with E-state index < -0.39 is 23.6 Å². The fourth-order valence-electron chi connectivity index (χ4n) is 2.29. The van der Waals surface area contributed by atoms with Gasteiger partial charge in [0.05, 0.1) is 12.2 Å². The van der Waals surface area contributed by atoms with Crippen LogP contribution in [0.4, 0.5) is 4.79 Å². The Labute approximate surface area is 123 Å². The molecule has 1 aromatic heterocycles. The van der Waals surface area contributed by atoms with Gasteiger partial charge in [-0.05, 0) is 27.7 Å². The number of aliphatic carboxylic acids is 1. The van der Waals surface area contributed by atoms with Gasteiger partial charge in [-0.1, -0.05) is 0 Å². The molecule has 0 saturated heterocycles.